The van der Waals surface area contributed by atoms with Crippen LogP contribution in [0.4, 0.5) is 0 Å². The van der Waals surface area contributed by atoms with Crippen LogP contribution in [-0.2, 0) is 9.59 Å². The first-order valence-electron chi connectivity index (χ1n) is 5.70. The number of carbonyl (C=O) groups is 2. The minimum absolute atomic E-state index is 0.0752. The molecule has 1 fully saturated rings. The zero-order valence-corrected chi connectivity index (χ0v) is 10.1. The van der Waals surface area contributed by atoms with Gasteiger partial charge in [0.1, 0.15) is 0 Å². The molecule has 1 saturated heterocycles. The van der Waals surface area contributed by atoms with Gasteiger partial charge in [-0.1, -0.05) is 24.3 Å². The highest BCUT2D eigenvalue weighted by molar-refractivity contribution is 5.99. The van der Waals surface area contributed by atoms with Crippen LogP contribution >= 0.6 is 0 Å². The minimum atomic E-state index is -0.221. The second-order valence-electron chi connectivity index (χ2n) is 4.41. The van der Waals surface area contributed by atoms with Gasteiger partial charge in [0.2, 0.25) is 11.8 Å². The summed E-state index contributed by atoms with van der Waals surface area (Å²) in [5, 5.41) is 2.31. The van der Waals surface area contributed by atoms with Gasteiger partial charge in [-0.05, 0) is 25.0 Å². The summed E-state index contributed by atoms with van der Waals surface area (Å²) in [4.78, 5) is 24.6. The lowest BCUT2D eigenvalue weighted by Crippen LogP contribution is -2.52. The highest BCUT2D eigenvalue weighted by Gasteiger charge is 2.27. The van der Waals surface area contributed by atoms with E-state index in [-0.39, 0.29) is 30.9 Å². The Labute approximate surface area is 101 Å². The fourth-order valence-electron chi connectivity index (χ4n) is 2.19. The quantitative estimate of drug-likeness (QED) is 0.774. The highest BCUT2D eigenvalue weighted by atomic mass is 16.2. The molecule has 1 aromatic rings. The lowest BCUT2D eigenvalue weighted by molar-refractivity contribution is -0.137. The van der Waals surface area contributed by atoms with E-state index in [4.69, 9.17) is 0 Å². The van der Waals surface area contributed by atoms with Gasteiger partial charge in [0.15, 0.2) is 0 Å². The van der Waals surface area contributed by atoms with Crippen molar-refractivity contribution in [1.82, 2.24) is 10.2 Å². The summed E-state index contributed by atoms with van der Waals surface area (Å²) in [7, 11) is 0. The molecular weight excluding hydrogens is 216 g/mol. The van der Waals surface area contributed by atoms with Crippen molar-refractivity contribution < 1.29 is 9.59 Å². The molecule has 1 atom stereocenters. The summed E-state index contributed by atoms with van der Waals surface area (Å²) < 4.78 is 0. The first-order valence-corrected chi connectivity index (χ1v) is 5.70. The number of benzene rings is 1. The van der Waals surface area contributed by atoms with Crippen LogP contribution in [0.5, 0.6) is 0 Å². The van der Waals surface area contributed by atoms with E-state index in [2.05, 4.69) is 5.32 Å². The van der Waals surface area contributed by atoms with Crippen LogP contribution in [0.2, 0.25) is 0 Å². The number of hydrogen-bond donors (Lipinski definition) is 1. The third kappa shape index (κ3) is 2.53. The number of piperazine rings is 1. The predicted octanol–water partition coefficient (Wildman–Crippen LogP) is 1.01. The SMILES string of the molecule is Cc1ccccc1C(C)N1CC(=O)NC(=O)C1. The van der Waals surface area contributed by atoms with Gasteiger partial charge < -0.3 is 0 Å². The predicted molar refractivity (Wildman–Crippen MR) is 64.3 cm³/mol. The maximum Gasteiger partial charge on any atom is 0.240 e. The smallest absolute Gasteiger partial charge is 0.240 e. The molecule has 1 aromatic carbocycles. The summed E-state index contributed by atoms with van der Waals surface area (Å²) >= 11 is 0. The summed E-state index contributed by atoms with van der Waals surface area (Å²) in [6, 6.07) is 8.12. The molecule has 2 rings (SSSR count). The molecule has 0 spiro atoms. The van der Waals surface area contributed by atoms with E-state index < -0.39 is 0 Å². The Morgan fingerprint density at radius 2 is 1.76 bits per heavy atom. The Morgan fingerprint density at radius 3 is 2.35 bits per heavy atom. The number of amides is 2. The van der Waals surface area contributed by atoms with Gasteiger partial charge >= 0.3 is 0 Å². The topological polar surface area (TPSA) is 49.4 Å². The first kappa shape index (κ1) is 11.8. The van der Waals surface area contributed by atoms with Gasteiger partial charge in [-0.3, -0.25) is 19.8 Å². The molecule has 1 aliphatic heterocycles. The van der Waals surface area contributed by atoms with E-state index in [0.717, 1.165) is 5.56 Å². The first-order chi connectivity index (χ1) is 8.08. The maximum atomic E-state index is 11.3. The van der Waals surface area contributed by atoms with Crippen LogP contribution < -0.4 is 5.32 Å². The Kier molecular flexibility index (Phi) is 3.24. The zero-order chi connectivity index (χ0) is 12.4. The molecule has 1 N–H and O–H groups in total. The van der Waals surface area contributed by atoms with Crippen molar-refractivity contribution in [2.45, 2.75) is 19.9 Å². The molecule has 0 radical (unpaired) electrons. The molecule has 4 nitrogen and oxygen atoms in total. The van der Waals surface area contributed by atoms with Gasteiger partial charge in [-0.15, -0.1) is 0 Å². The van der Waals surface area contributed by atoms with Crippen molar-refractivity contribution in [3.05, 3.63) is 35.4 Å². The second kappa shape index (κ2) is 4.67. The second-order valence-corrected chi connectivity index (χ2v) is 4.41. The number of nitrogens with zero attached hydrogens (tertiary/aromatic N) is 1. The monoisotopic (exact) mass is 232 g/mol. The molecule has 0 aromatic heterocycles. The lowest BCUT2D eigenvalue weighted by Gasteiger charge is -2.31. The van der Waals surface area contributed by atoms with Gasteiger partial charge in [0, 0.05) is 6.04 Å². The lowest BCUT2D eigenvalue weighted by atomic mass is 10.0. The van der Waals surface area contributed by atoms with Crippen molar-refractivity contribution in [3.63, 3.8) is 0 Å². The van der Waals surface area contributed by atoms with Crippen molar-refractivity contribution in [1.29, 1.82) is 0 Å². The molecule has 0 saturated carbocycles. The number of rotatable bonds is 2. The molecule has 1 aliphatic rings. The Balaban J connectivity index is 2.20. The Hall–Kier alpha value is -1.68. The van der Waals surface area contributed by atoms with Crippen LogP contribution in [0.25, 0.3) is 0 Å². The normalized spacial score (nSPS) is 18.9. The van der Waals surface area contributed by atoms with Crippen molar-refractivity contribution in [3.8, 4) is 0 Å². The standard InChI is InChI=1S/C13H16N2O2/c1-9-5-3-4-6-11(9)10(2)15-7-12(16)14-13(17)8-15/h3-6,10H,7-8H2,1-2H3,(H,14,16,17). The fourth-order valence-corrected chi connectivity index (χ4v) is 2.19. The number of nitrogens with one attached hydrogen (secondary N) is 1. The molecule has 4 heteroatoms. The largest absolute Gasteiger partial charge is 0.294 e. The summed E-state index contributed by atoms with van der Waals surface area (Å²) in [6.07, 6.45) is 0. The highest BCUT2D eigenvalue weighted by Crippen LogP contribution is 2.23. The van der Waals surface area contributed by atoms with Crippen molar-refractivity contribution in [2.24, 2.45) is 0 Å². The number of aryl methyl sites for hydroxylation is 1. The molecule has 17 heavy (non-hydrogen) atoms. The summed E-state index contributed by atoms with van der Waals surface area (Å²) in [5.41, 5.74) is 2.34. The van der Waals surface area contributed by atoms with Gasteiger partial charge in [-0.25, -0.2) is 0 Å². The number of imide groups is 1. The van der Waals surface area contributed by atoms with E-state index in [0.29, 0.717) is 0 Å². The molecule has 0 bridgehead atoms. The zero-order valence-electron chi connectivity index (χ0n) is 10.1. The maximum absolute atomic E-state index is 11.3. The average molecular weight is 232 g/mol. The molecule has 2 amide bonds. The number of hydrogen-bond acceptors (Lipinski definition) is 3. The van der Waals surface area contributed by atoms with Crippen LogP contribution in [0.1, 0.15) is 24.1 Å². The van der Waals surface area contributed by atoms with E-state index >= 15 is 0 Å². The summed E-state index contributed by atoms with van der Waals surface area (Å²) in [5.74, 6) is -0.441. The van der Waals surface area contributed by atoms with E-state index in [1.807, 2.05) is 43.0 Å². The molecular formula is C13H16N2O2. The molecule has 90 valence electrons. The van der Waals surface area contributed by atoms with Crippen LogP contribution in [0.3, 0.4) is 0 Å². The number of carbonyl (C=O) groups excluding carboxylic acids is 2. The third-order valence-corrected chi connectivity index (χ3v) is 3.16. The van der Waals surface area contributed by atoms with Gasteiger partial charge in [0.25, 0.3) is 0 Å². The van der Waals surface area contributed by atoms with Crippen LogP contribution in [0, 0.1) is 6.92 Å². The molecule has 0 aliphatic carbocycles. The molecule has 1 heterocycles. The Bertz CT molecular complexity index is 440. The van der Waals surface area contributed by atoms with Gasteiger partial charge in [-0.2, -0.15) is 0 Å². The average Bonchev–Trinajstić information content (AvgIpc) is 2.27. The third-order valence-electron chi connectivity index (χ3n) is 3.16. The Morgan fingerprint density at radius 1 is 1.18 bits per heavy atom. The van der Waals surface area contributed by atoms with Crippen molar-refractivity contribution in [2.75, 3.05) is 13.1 Å². The van der Waals surface area contributed by atoms with Crippen molar-refractivity contribution >= 4 is 11.8 Å². The van der Waals surface area contributed by atoms with Crippen LogP contribution in [0.15, 0.2) is 24.3 Å². The molecule has 1 unspecified atom stereocenters. The minimum Gasteiger partial charge on any atom is -0.294 e. The van der Waals surface area contributed by atoms with Gasteiger partial charge in [0.05, 0.1) is 13.1 Å². The van der Waals surface area contributed by atoms with E-state index in [1.54, 1.807) is 0 Å². The van der Waals surface area contributed by atoms with E-state index in [1.165, 1.54) is 5.56 Å². The van der Waals surface area contributed by atoms with Crippen LogP contribution in [-0.4, -0.2) is 29.8 Å². The van der Waals surface area contributed by atoms with E-state index in [9.17, 15) is 9.59 Å². The summed E-state index contributed by atoms with van der Waals surface area (Å²) in [6.45, 7) is 4.62. The fraction of sp³-hybridized carbons (Fsp3) is 0.385.